The SMILES string of the molecule is C=C(C)C1N=CC(CCCCCCCC/C=C\C/C=C\CCCCC)(CCCCCCCC/C=C\C/C=C\CCCCC)N1CCCN(C)C. The van der Waals surface area contributed by atoms with Gasteiger partial charge < -0.3 is 4.90 Å². The van der Waals surface area contributed by atoms with Crippen LogP contribution in [0.25, 0.3) is 0 Å². The maximum absolute atomic E-state index is 5.12. The van der Waals surface area contributed by atoms with Gasteiger partial charge in [-0.05, 0) is 117 Å². The van der Waals surface area contributed by atoms with Crippen LogP contribution in [0, 0.1) is 0 Å². The predicted octanol–water partition coefficient (Wildman–Crippen LogP) is 14.4. The lowest BCUT2D eigenvalue weighted by molar-refractivity contribution is 0.110. The molecule has 0 radical (unpaired) electrons. The van der Waals surface area contributed by atoms with Crippen molar-refractivity contribution in [1.82, 2.24) is 9.80 Å². The standard InChI is InChI=1S/C47H85N3/c1-7-9-11-13-15-17-19-21-23-25-27-29-31-33-35-37-40-47(44-48-46(45(3)4)50(47)43-39-42-49(5)6)41-38-36-34-32-30-28-26-24-22-20-18-16-14-12-10-8-2/h15-18,21-24,44,46H,3,7-14,19-20,25-43H2,1-2,4-6H3/b17-15-,18-16-,23-21-,24-22-. The lowest BCUT2D eigenvalue weighted by Crippen LogP contribution is -2.51. The van der Waals surface area contributed by atoms with E-state index < -0.39 is 0 Å². The fourth-order valence-electron chi connectivity index (χ4n) is 7.28. The molecule has 0 N–H and O–H groups in total. The fraction of sp³-hybridized carbons (Fsp3) is 0.766. The lowest BCUT2D eigenvalue weighted by atomic mass is 9.85. The van der Waals surface area contributed by atoms with E-state index in [4.69, 9.17) is 4.99 Å². The van der Waals surface area contributed by atoms with Crippen LogP contribution in [0.1, 0.15) is 194 Å². The van der Waals surface area contributed by atoms with Gasteiger partial charge in [0, 0.05) is 12.8 Å². The Labute approximate surface area is 313 Å². The fourth-order valence-corrected chi connectivity index (χ4v) is 7.28. The van der Waals surface area contributed by atoms with E-state index in [1.54, 1.807) is 0 Å². The van der Waals surface area contributed by atoms with Gasteiger partial charge in [0.2, 0.25) is 0 Å². The number of hydrogen-bond donors (Lipinski definition) is 0. The number of hydrogen-bond acceptors (Lipinski definition) is 3. The minimum Gasteiger partial charge on any atom is -0.309 e. The summed E-state index contributed by atoms with van der Waals surface area (Å²) in [6, 6.07) is 0. The van der Waals surface area contributed by atoms with Crippen LogP contribution in [0.4, 0.5) is 0 Å². The maximum atomic E-state index is 5.12. The van der Waals surface area contributed by atoms with Gasteiger partial charge in [-0.1, -0.05) is 159 Å². The zero-order valence-electron chi connectivity index (χ0n) is 34.3. The van der Waals surface area contributed by atoms with Gasteiger partial charge in [-0.15, -0.1) is 0 Å². The third-order valence-electron chi connectivity index (χ3n) is 10.4. The maximum Gasteiger partial charge on any atom is 0.123 e. The van der Waals surface area contributed by atoms with Crippen molar-refractivity contribution in [2.24, 2.45) is 4.99 Å². The molecule has 0 aliphatic carbocycles. The highest BCUT2D eigenvalue weighted by Crippen LogP contribution is 2.36. The third-order valence-corrected chi connectivity index (χ3v) is 10.4. The molecule has 0 aromatic rings. The zero-order valence-corrected chi connectivity index (χ0v) is 34.3. The van der Waals surface area contributed by atoms with Crippen LogP contribution in [-0.4, -0.2) is 54.9 Å². The molecule has 0 amide bonds. The predicted molar refractivity (Wildman–Crippen MR) is 228 cm³/mol. The van der Waals surface area contributed by atoms with Gasteiger partial charge in [-0.2, -0.15) is 0 Å². The Morgan fingerprint density at radius 3 is 1.40 bits per heavy atom. The largest absolute Gasteiger partial charge is 0.309 e. The summed E-state index contributed by atoms with van der Waals surface area (Å²) in [7, 11) is 4.39. The van der Waals surface area contributed by atoms with Gasteiger partial charge >= 0.3 is 0 Å². The van der Waals surface area contributed by atoms with Crippen LogP contribution in [0.2, 0.25) is 0 Å². The molecule has 1 atom stereocenters. The summed E-state index contributed by atoms with van der Waals surface area (Å²) in [5.41, 5.74) is 1.31. The van der Waals surface area contributed by atoms with E-state index in [1.165, 1.54) is 166 Å². The van der Waals surface area contributed by atoms with Crippen LogP contribution in [0.3, 0.4) is 0 Å². The first kappa shape index (κ1) is 46.3. The summed E-state index contributed by atoms with van der Waals surface area (Å²) in [6.07, 6.45) is 56.5. The minimum absolute atomic E-state index is 0.112. The molecule has 0 aromatic carbocycles. The first-order valence-corrected chi connectivity index (χ1v) is 21.7. The quantitative estimate of drug-likeness (QED) is 0.0487. The second kappa shape index (κ2) is 33.1. The summed E-state index contributed by atoms with van der Waals surface area (Å²) < 4.78 is 0. The third kappa shape index (κ3) is 24.5. The molecule has 0 saturated carbocycles. The van der Waals surface area contributed by atoms with E-state index in [-0.39, 0.29) is 11.7 Å². The van der Waals surface area contributed by atoms with Crippen LogP contribution < -0.4 is 0 Å². The smallest absolute Gasteiger partial charge is 0.123 e. The first-order valence-electron chi connectivity index (χ1n) is 21.7. The van der Waals surface area contributed by atoms with E-state index in [9.17, 15) is 0 Å². The van der Waals surface area contributed by atoms with Gasteiger partial charge in [-0.3, -0.25) is 9.89 Å². The number of unbranched alkanes of at least 4 members (excludes halogenated alkanes) is 18. The lowest BCUT2D eigenvalue weighted by Gasteiger charge is -2.40. The van der Waals surface area contributed by atoms with Crippen molar-refractivity contribution in [2.75, 3.05) is 27.2 Å². The van der Waals surface area contributed by atoms with Crippen molar-refractivity contribution in [1.29, 1.82) is 0 Å². The second-order valence-corrected chi connectivity index (χ2v) is 15.6. The topological polar surface area (TPSA) is 18.8 Å². The molecule has 1 aliphatic heterocycles. The molecule has 3 heteroatoms. The number of rotatable bonds is 35. The van der Waals surface area contributed by atoms with E-state index in [0.717, 1.165) is 25.9 Å². The molecule has 50 heavy (non-hydrogen) atoms. The van der Waals surface area contributed by atoms with Crippen molar-refractivity contribution in [3.05, 3.63) is 60.8 Å². The van der Waals surface area contributed by atoms with Gasteiger partial charge in [0.25, 0.3) is 0 Å². The monoisotopic (exact) mass is 692 g/mol. The first-order chi connectivity index (χ1) is 24.5. The highest BCUT2D eigenvalue weighted by molar-refractivity contribution is 5.73. The summed E-state index contributed by atoms with van der Waals surface area (Å²) >= 11 is 0. The van der Waals surface area contributed by atoms with E-state index in [0.29, 0.717) is 0 Å². The van der Waals surface area contributed by atoms with Gasteiger partial charge in [0.15, 0.2) is 0 Å². The number of nitrogens with zero attached hydrogens (tertiary/aromatic N) is 3. The molecule has 0 spiro atoms. The van der Waals surface area contributed by atoms with E-state index in [1.807, 2.05) is 0 Å². The molecule has 1 aliphatic rings. The van der Waals surface area contributed by atoms with Crippen molar-refractivity contribution in [2.45, 2.75) is 206 Å². The molecule has 0 fully saturated rings. The molecular weight excluding hydrogens is 607 g/mol. The zero-order chi connectivity index (χ0) is 36.4. The van der Waals surface area contributed by atoms with Crippen molar-refractivity contribution in [3.8, 4) is 0 Å². The van der Waals surface area contributed by atoms with Crippen LogP contribution in [0.5, 0.6) is 0 Å². The Hall–Kier alpha value is -1.71. The van der Waals surface area contributed by atoms with Crippen molar-refractivity contribution >= 4 is 6.21 Å². The molecule has 3 nitrogen and oxygen atoms in total. The Bertz CT molecular complexity index is 875. The summed E-state index contributed by atoms with van der Waals surface area (Å²) in [4.78, 5) is 10.2. The summed E-state index contributed by atoms with van der Waals surface area (Å²) in [5, 5.41) is 0. The second-order valence-electron chi connectivity index (χ2n) is 15.6. The molecular formula is C47H85N3. The molecule has 1 heterocycles. The Balaban J connectivity index is 2.41. The van der Waals surface area contributed by atoms with E-state index in [2.05, 4.69) is 106 Å². The van der Waals surface area contributed by atoms with E-state index >= 15 is 0 Å². The Kier molecular flexibility index (Phi) is 30.7. The number of aliphatic imine (C=N–C) groups is 1. The van der Waals surface area contributed by atoms with Gasteiger partial charge in [0.05, 0.1) is 5.54 Å². The van der Waals surface area contributed by atoms with Crippen LogP contribution >= 0.6 is 0 Å². The summed E-state index contributed by atoms with van der Waals surface area (Å²) in [5.74, 6) is 0. The van der Waals surface area contributed by atoms with Gasteiger partial charge in [-0.25, -0.2) is 0 Å². The molecule has 1 unspecified atom stereocenters. The summed E-state index contributed by atoms with van der Waals surface area (Å²) in [6.45, 7) is 13.3. The molecule has 0 saturated heterocycles. The normalized spacial score (nSPS) is 16.6. The molecule has 0 aromatic heterocycles. The molecule has 288 valence electrons. The van der Waals surface area contributed by atoms with Crippen LogP contribution in [0.15, 0.2) is 65.8 Å². The Morgan fingerprint density at radius 1 is 0.600 bits per heavy atom. The van der Waals surface area contributed by atoms with Crippen molar-refractivity contribution in [3.63, 3.8) is 0 Å². The average Bonchev–Trinajstić information content (AvgIpc) is 3.45. The molecule has 1 rings (SSSR count). The highest BCUT2D eigenvalue weighted by atomic mass is 15.3. The number of allylic oxidation sites excluding steroid dienone is 8. The van der Waals surface area contributed by atoms with Crippen LogP contribution in [-0.2, 0) is 0 Å². The Morgan fingerprint density at radius 2 is 1.00 bits per heavy atom. The van der Waals surface area contributed by atoms with Crippen molar-refractivity contribution < 1.29 is 0 Å². The highest BCUT2D eigenvalue weighted by Gasteiger charge is 2.42. The minimum atomic E-state index is 0.112. The molecule has 0 bridgehead atoms. The van der Waals surface area contributed by atoms with Gasteiger partial charge in [0.1, 0.15) is 6.17 Å². The average molecular weight is 692 g/mol.